The molecule has 0 aliphatic carbocycles. The van der Waals surface area contributed by atoms with Crippen LogP contribution in [0.2, 0.25) is 0 Å². The van der Waals surface area contributed by atoms with Gasteiger partial charge in [0.1, 0.15) is 5.75 Å². The number of carbonyl (C=O) groups excluding carboxylic acids is 2. The largest absolute Gasteiger partial charge is 0.484 e. The zero-order chi connectivity index (χ0) is 16.2. The van der Waals surface area contributed by atoms with Crippen LogP contribution in [0.4, 0.5) is 5.69 Å². The zero-order valence-corrected chi connectivity index (χ0v) is 13.5. The summed E-state index contributed by atoms with van der Waals surface area (Å²) in [5.74, 6) is 0.829. The van der Waals surface area contributed by atoms with Crippen LogP contribution in [0.5, 0.6) is 5.75 Å². The topological polar surface area (TPSA) is 61.9 Å². The Hall–Kier alpha value is -2.08. The van der Waals surface area contributed by atoms with Crippen molar-refractivity contribution in [1.82, 2.24) is 10.2 Å². The number of hydrogen-bond acceptors (Lipinski definition) is 4. The van der Waals surface area contributed by atoms with Gasteiger partial charge in [-0.3, -0.25) is 9.59 Å². The van der Waals surface area contributed by atoms with Crippen LogP contribution in [-0.2, 0) is 9.59 Å². The smallest absolute Gasteiger partial charge is 0.260 e. The molecule has 1 aromatic carbocycles. The average molecular weight is 317 g/mol. The third-order valence-electron chi connectivity index (χ3n) is 4.31. The highest BCUT2D eigenvalue weighted by atomic mass is 16.5. The van der Waals surface area contributed by atoms with Crippen molar-refractivity contribution >= 4 is 17.5 Å². The Bertz CT molecular complexity index is 573. The minimum Gasteiger partial charge on any atom is -0.484 e. The van der Waals surface area contributed by atoms with E-state index in [9.17, 15) is 9.59 Å². The molecule has 1 atom stereocenters. The summed E-state index contributed by atoms with van der Waals surface area (Å²) in [5.41, 5.74) is 0.891. The molecular weight excluding hydrogens is 294 g/mol. The normalized spacial score (nSPS) is 21.6. The number of anilines is 1. The Morgan fingerprint density at radius 3 is 2.74 bits per heavy atom. The number of benzene rings is 1. The van der Waals surface area contributed by atoms with Gasteiger partial charge in [0.2, 0.25) is 5.91 Å². The molecule has 6 nitrogen and oxygen atoms in total. The molecule has 0 saturated carbocycles. The van der Waals surface area contributed by atoms with Crippen molar-refractivity contribution in [2.24, 2.45) is 0 Å². The van der Waals surface area contributed by atoms with Gasteiger partial charge in [-0.2, -0.15) is 0 Å². The van der Waals surface area contributed by atoms with E-state index in [2.05, 4.69) is 12.2 Å². The monoisotopic (exact) mass is 317 g/mol. The van der Waals surface area contributed by atoms with Crippen molar-refractivity contribution in [2.45, 2.75) is 25.8 Å². The minimum atomic E-state index is 0.0112. The van der Waals surface area contributed by atoms with E-state index in [0.717, 1.165) is 38.3 Å². The summed E-state index contributed by atoms with van der Waals surface area (Å²) >= 11 is 0. The predicted molar refractivity (Wildman–Crippen MR) is 87.6 cm³/mol. The molecule has 2 fully saturated rings. The Morgan fingerprint density at radius 2 is 2.09 bits per heavy atom. The van der Waals surface area contributed by atoms with Gasteiger partial charge in [0.25, 0.3) is 5.91 Å². The molecule has 23 heavy (non-hydrogen) atoms. The number of piperazine rings is 1. The van der Waals surface area contributed by atoms with Gasteiger partial charge in [-0.15, -0.1) is 0 Å². The molecule has 0 radical (unpaired) electrons. The van der Waals surface area contributed by atoms with E-state index in [4.69, 9.17) is 4.74 Å². The molecule has 6 heteroatoms. The van der Waals surface area contributed by atoms with E-state index >= 15 is 0 Å². The first-order valence-electron chi connectivity index (χ1n) is 8.18. The summed E-state index contributed by atoms with van der Waals surface area (Å²) in [6.07, 6.45) is 1.53. The second kappa shape index (κ2) is 7.00. The molecule has 0 spiro atoms. The summed E-state index contributed by atoms with van der Waals surface area (Å²) in [7, 11) is 0. The number of nitrogens with zero attached hydrogens (tertiary/aromatic N) is 2. The van der Waals surface area contributed by atoms with Crippen LogP contribution >= 0.6 is 0 Å². The van der Waals surface area contributed by atoms with Gasteiger partial charge in [0, 0.05) is 44.3 Å². The van der Waals surface area contributed by atoms with Gasteiger partial charge in [-0.25, -0.2) is 0 Å². The SMILES string of the molecule is CC1CN(C(=O)COc2ccc(N3CCCC3=O)cc2)CCN1. The third kappa shape index (κ3) is 3.82. The summed E-state index contributed by atoms with van der Waals surface area (Å²) in [6, 6.07) is 7.69. The molecule has 2 aliphatic rings. The highest BCUT2D eigenvalue weighted by Gasteiger charge is 2.22. The molecule has 2 aliphatic heterocycles. The maximum atomic E-state index is 12.2. The average Bonchev–Trinajstić information content (AvgIpc) is 2.99. The molecule has 0 aromatic heterocycles. The quantitative estimate of drug-likeness (QED) is 0.900. The fraction of sp³-hybridized carbons (Fsp3) is 0.529. The maximum Gasteiger partial charge on any atom is 0.260 e. The summed E-state index contributed by atoms with van der Waals surface area (Å²) in [4.78, 5) is 27.5. The van der Waals surface area contributed by atoms with Crippen LogP contribution in [0.25, 0.3) is 0 Å². The van der Waals surface area contributed by atoms with Crippen LogP contribution < -0.4 is 15.0 Å². The van der Waals surface area contributed by atoms with Crippen molar-refractivity contribution in [1.29, 1.82) is 0 Å². The molecular formula is C17H23N3O3. The number of rotatable bonds is 4. The van der Waals surface area contributed by atoms with Crippen LogP contribution in [0.3, 0.4) is 0 Å². The van der Waals surface area contributed by atoms with E-state index < -0.39 is 0 Å². The minimum absolute atomic E-state index is 0.0112. The molecule has 3 rings (SSSR count). The molecule has 1 unspecified atom stereocenters. The summed E-state index contributed by atoms with van der Waals surface area (Å²) in [6.45, 7) is 5.16. The van der Waals surface area contributed by atoms with Crippen molar-refractivity contribution in [3.63, 3.8) is 0 Å². The lowest BCUT2D eigenvalue weighted by atomic mass is 10.2. The van der Waals surface area contributed by atoms with E-state index in [1.165, 1.54) is 0 Å². The number of hydrogen-bond donors (Lipinski definition) is 1. The first kappa shape index (κ1) is 15.8. The Labute approximate surface area is 136 Å². The van der Waals surface area contributed by atoms with Crippen molar-refractivity contribution in [3.05, 3.63) is 24.3 Å². The van der Waals surface area contributed by atoms with Gasteiger partial charge in [-0.05, 0) is 37.6 Å². The maximum absolute atomic E-state index is 12.2. The lowest BCUT2D eigenvalue weighted by molar-refractivity contribution is -0.134. The number of nitrogens with one attached hydrogen (secondary N) is 1. The van der Waals surface area contributed by atoms with E-state index in [1.807, 2.05) is 29.2 Å². The van der Waals surface area contributed by atoms with Crippen LogP contribution in [-0.4, -0.2) is 55.5 Å². The lowest BCUT2D eigenvalue weighted by Crippen LogP contribution is -2.52. The second-order valence-corrected chi connectivity index (χ2v) is 6.13. The fourth-order valence-corrected chi connectivity index (χ4v) is 3.04. The van der Waals surface area contributed by atoms with Crippen molar-refractivity contribution in [2.75, 3.05) is 37.7 Å². The Balaban J connectivity index is 1.52. The van der Waals surface area contributed by atoms with Crippen LogP contribution in [0.15, 0.2) is 24.3 Å². The van der Waals surface area contributed by atoms with Crippen LogP contribution in [0, 0.1) is 0 Å². The highest BCUT2D eigenvalue weighted by Crippen LogP contribution is 2.23. The first-order chi connectivity index (χ1) is 11.1. The number of ether oxygens (including phenoxy) is 1. The highest BCUT2D eigenvalue weighted by molar-refractivity contribution is 5.95. The molecule has 2 amide bonds. The van der Waals surface area contributed by atoms with E-state index in [1.54, 1.807) is 4.90 Å². The molecule has 1 aromatic rings. The van der Waals surface area contributed by atoms with Crippen LogP contribution in [0.1, 0.15) is 19.8 Å². The summed E-state index contributed by atoms with van der Waals surface area (Å²) < 4.78 is 5.59. The van der Waals surface area contributed by atoms with Gasteiger partial charge < -0.3 is 19.9 Å². The van der Waals surface area contributed by atoms with Gasteiger partial charge in [0.15, 0.2) is 6.61 Å². The predicted octanol–water partition coefficient (Wildman–Crippen LogP) is 1.01. The Kier molecular flexibility index (Phi) is 4.81. The molecule has 2 saturated heterocycles. The van der Waals surface area contributed by atoms with Gasteiger partial charge in [-0.1, -0.05) is 0 Å². The molecule has 124 valence electrons. The van der Waals surface area contributed by atoms with E-state index in [-0.39, 0.29) is 18.4 Å². The molecule has 1 N–H and O–H groups in total. The second-order valence-electron chi connectivity index (χ2n) is 6.13. The van der Waals surface area contributed by atoms with Crippen molar-refractivity contribution in [3.8, 4) is 5.75 Å². The van der Waals surface area contributed by atoms with Crippen molar-refractivity contribution < 1.29 is 14.3 Å². The standard InChI is InChI=1S/C17H23N3O3/c1-13-11-19(10-8-18-13)17(22)12-23-15-6-4-14(5-7-15)20-9-2-3-16(20)21/h4-7,13,18H,2-3,8-12H2,1H3. The first-order valence-corrected chi connectivity index (χ1v) is 8.18. The number of amides is 2. The lowest BCUT2D eigenvalue weighted by Gasteiger charge is -2.31. The van der Waals surface area contributed by atoms with E-state index in [0.29, 0.717) is 18.2 Å². The molecule has 2 heterocycles. The third-order valence-corrected chi connectivity index (χ3v) is 4.31. The van der Waals surface area contributed by atoms with Gasteiger partial charge in [0.05, 0.1) is 0 Å². The fourth-order valence-electron chi connectivity index (χ4n) is 3.04. The Morgan fingerprint density at radius 1 is 1.30 bits per heavy atom. The zero-order valence-electron chi connectivity index (χ0n) is 13.5. The van der Waals surface area contributed by atoms with Gasteiger partial charge >= 0.3 is 0 Å². The number of carbonyl (C=O) groups is 2. The molecule has 0 bridgehead atoms. The summed E-state index contributed by atoms with van der Waals surface area (Å²) in [5, 5.41) is 3.31.